The van der Waals surface area contributed by atoms with Crippen LogP contribution in [0.2, 0.25) is 0 Å². The van der Waals surface area contributed by atoms with E-state index in [0.717, 1.165) is 24.5 Å². The second-order valence-electron chi connectivity index (χ2n) is 2.87. The number of carbonyl (C=O) groups is 1. The average molecular weight is 182 g/mol. The lowest BCUT2D eigenvalue weighted by Gasteiger charge is -2.11. The summed E-state index contributed by atoms with van der Waals surface area (Å²) >= 11 is 1.55. The Morgan fingerprint density at radius 1 is 1.50 bits per heavy atom. The normalized spacial score (nSPS) is 16.8. The monoisotopic (exact) mass is 182 g/mol. The summed E-state index contributed by atoms with van der Waals surface area (Å²) in [6, 6.07) is 0. The zero-order chi connectivity index (χ0) is 8.39. The molecule has 1 aromatic rings. The lowest BCUT2D eigenvalue weighted by atomic mass is 10.4. The first-order valence-corrected chi connectivity index (χ1v) is 4.94. The number of nitrogens with zero attached hydrogens (tertiary/aromatic N) is 2. The molecule has 64 valence electrons. The number of rotatable bonds is 2. The Balaban J connectivity index is 2.16. The largest absolute Gasteiger partial charge is 0.348 e. The van der Waals surface area contributed by atoms with E-state index in [1.165, 1.54) is 12.8 Å². The number of hydrogen-bond acceptors (Lipinski definition) is 4. The number of carbonyl (C=O) groups excluding carboxylic acids is 1. The van der Waals surface area contributed by atoms with Crippen LogP contribution in [0.5, 0.6) is 0 Å². The van der Waals surface area contributed by atoms with Gasteiger partial charge in [-0.3, -0.25) is 4.79 Å². The van der Waals surface area contributed by atoms with E-state index < -0.39 is 0 Å². The molecule has 2 rings (SSSR count). The molecule has 0 amide bonds. The summed E-state index contributed by atoms with van der Waals surface area (Å²) in [6.45, 7) is 2.18. The highest BCUT2D eigenvalue weighted by Gasteiger charge is 2.14. The summed E-state index contributed by atoms with van der Waals surface area (Å²) in [7, 11) is 0. The van der Waals surface area contributed by atoms with Gasteiger partial charge in [0.25, 0.3) is 0 Å². The predicted molar refractivity (Wildman–Crippen MR) is 48.9 cm³/mol. The maximum absolute atomic E-state index is 10.4. The van der Waals surface area contributed by atoms with E-state index >= 15 is 0 Å². The van der Waals surface area contributed by atoms with Gasteiger partial charge < -0.3 is 4.90 Å². The van der Waals surface area contributed by atoms with Crippen LogP contribution in [0.15, 0.2) is 5.38 Å². The lowest BCUT2D eigenvalue weighted by Crippen LogP contribution is -2.17. The van der Waals surface area contributed by atoms with Crippen LogP contribution in [0, 0.1) is 0 Å². The van der Waals surface area contributed by atoms with Crippen molar-refractivity contribution in [1.29, 1.82) is 0 Å². The highest BCUT2D eigenvalue weighted by molar-refractivity contribution is 7.13. The van der Waals surface area contributed by atoms with E-state index in [0.29, 0.717) is 5.69 Å². The van der Waals surface area contributed by atoms with Gasteiger partial charge in [0.2, 0.25) is 0 Å². The molecular formula is C8H10N2OS. The molecule has 2 heterocycles. The minimum Gasteiger partial charge on any atom is -0.348 e. The van der Waals surface area contributed by atoms with E-state index in [-0.39, 0.29) is 0 Å². The fourth-order valence-corrected chi connectivity index (χ4v) is 2.21. The highest BCUT2D eigenvalue weighted by atomic mass is 32.1. The average Bonchev–Trinajstić information content (AvgIpc) is 2.75. The molecule has 0 aromatic carbocycles. The van der Waals surface area contributed by atoms with Crippen LogP contribution < -0.4 is 4.90 Å². The molecule has 0 radical (unpaired) electrons. The number of anilines is 1. The van der Waals surface area contributed by atoms with Gasteiger partial charge in [0.05, 0.1) is 0 Å². The van der Waals surface area contributed by atoms with Crippen LogP contribution in [0.4, 0.5) is 5.13 Å². The fourth-order valence-electron chi connectivity index (χ4n) is 1.38. The van der Waals surface area contributed by atoms with Crippen LogP contribution in [0.1, 0.15) is 23.3 Å². The van der Waals surface area contributed by atoms with Crippen molar-refractivity contribution < 1.29 is 4.79 Å². The standard InChI is InChI=1S/C8H10N2OS/c11-5-7-6-12-8(9-7)10-3-1-2-4-10/h5-6H,1-4H2. The van der Waals surface area contributed by atoms with E-state index in [9.17, 15) is 4.79 Å². The van der Waals surface area contributed by atoms with Crippen LogP contribution in [-0.2, 0) is 0 Å². The molecule has 0 unspecified atom stereocenters. The van der Waals surface area contributed by atoms with Crippen LogP contribution >= 0.6 is 11.3 Å². The summed E-state index contributed by atoms with van der Waals surface area (Å²) < 4.78 is 0. The second kappa shape index (κ2) is 3.23. The summed E-state index contributed by atoms with van der Waals surface area (Å²) in [5, 5.41) is 2.80. The number of hydrogen-bond donors (Lipinski definition) is 0. The topological polar surface area (TPSA) is 33.2 Å². The maximum Gasteiger partial charge on any atom is 0.185 e. The van der Waals surface area contributed by atoms with Crippen molar-refractivity contribution in [2.75, 3.05) is 18.0 Å². The first-order chi connectivity index (χ1) is 5.90. The van der Waals surface area contributed by atoms with Gasteiger partial charge in [-0.15, -0.1) is 11.3 Å². The summed E-state index contributed by atoms with van der Waals surface area (Å²) in [4.78, 5) is 16.8. The molecule has 4 heteroatoms. The first kappa shape index (κ1) is 7.73. The van der Waals surface area contributed by atoms with Gasteiger partial charge >= 0.3 is 0 Å². The molecule has 1 aromatic heterocycles. The Bertz CT molecular complexity index is 278. The van der Waals surface area contributed by atoms with Crippen molar-refractivity contribution in [2.45, 2.75) is 12.8 Å². The second-order valence-corrected chi connectivity index (χ2v) is 3.70. The van der Waals surface area contributed by atoms with Gasteiger partial charge in [-0.05, 0) is 12.8 Å². The van der Waals surface area contributed by atoms with Crippen LogP contribution in [-0.4, -0.2) is 24.4 Å². The van der Waals surface area contributed by atoms with Crippen molar-refractivity contribution >= 4 is 22.8 Å². The molecule has 0 spiro atoms. The van der Waals surface area contributed by atoms with Crippen molar-refractivity contribution in [3.8, 4) is 0 Å². The lowest BCUT2D eigenvalue weighted by molar-refractivity contribution is 0.111. The molecule has 12 heavy (non-hydrogen) atoms. The van der Waals surface area contributed by atoms with Gasteiger partial charge in [0.15, 0.2) is 11.4 Å². The van der Waals surface area contributed by atoms with Crippen molar-refractivity contribution in [3.05, 3.63) is 11.1 Å². The summed E-state index contributed by atoms with van der Waals surface area (Å²) in [5.74, 6) is 0. The Labute approximate surface area is 75.0 Å². The highest BCUT2D eigenvalue weighted by Crippen LogP contribution is 2.23. The molecular weight excluding hydrogens is 172 g/mol. The summed E-state index contributed by atoms with van der Waals surface area (Å²) in [6.07, 6.45) is 3.29. The van der Waals surface area contributed by atoms with Crippen molar-refractivity contribution in [1.82, 2.24) is 4.98 Å². The van der Waals surface area contributed by atoms with E-state index in [4.69, 9.17) is 0 Å². The third-order valence-corrected chi connectivity index (χ3v) is 2.93. The molecule has 1 fully saturated rings. The molecule has 1 aliphatic rings. The third kappa shape index (κ3) is 1.34. The van der Waals surface area contributed by atoms with E-state index in [1.54, 1.807) is 16.7 Å². The summed E-state index contributed by atoms with van der Waals surface area (Å²) in [5.41, 5.74) is 0.557. The Hall–Kier alpha value is -0.900. The molecule has 0 aliphatic carbocycles. The molecule has 0 saturated carbocycles. The van der Waals surface area contributed by atoms with Crippen molar-refractivity contribution in [2.24, 2.45) is 0 Å². The molecule has 0 atom stereocenters. The van der Waals surface area contributed by atoms with Gasteiger partial charge in [-0.2, -0.15) is 0 Å². The van der Waals surface area contributed by atoms with Crippen LogP contribution in [0.3, 0.4) is 0 Å². The van der Waals surface area contributed by atoms with E-state index in [2.05, 4.69) is 9.88 Å². The molecule has 1 aliphatic heterocycles. The number of thiazole rings is 1. The van der Waals surface area contributed by atoms with Crippen molar-refractivity contribution in [3.63, 3.8) is 0 Å². The van der Waals surface area contributed by atoms with Gasteiger partial charge in [0.1, 0.15) is 5.69 Å². The molecule has 0 bridgehead atoms. The smallest absolute Gasteiger partial charge is 0.185 e. The number of aldehydes is 1. The van der Waals surface area contributed by atoms with Gasteiger partial charge in [0, 0.05) is 18.5 Å². The minimum absolute atomic E-state index is 0.557. The third-order valence-electron chi connectivity index (χ3n) is 2.01. The quantitative estimate of drug-likeness (QED) is 0.651. The fraction of sp³-hybridized carbons (Fsp3) is 0.500. The molecule has 3 nitrogen and oxygen atoms in total. The zero-order valence-corrected chi connectivity index (χ0v) is 7.51. The SMILES string of the molecule is O=Cc1csc(N2CCCC2)n1. The molecule has 0 N–H and O–H groups in total. The van der Waals surface area contributed by atoms with Gasteiger partial charge in [-0.1, -0.05) is 0 Å². The maximum atomic E-state index is 10.4. The van der Waals surface area contributed by atoms with E-state index in [1.807, 2.05) is 0 Å². The number of aromatic nitrogens is 1. The predicted octanol–water partition coefficient (Wildman–Crippen LogP) is 1.56. The Morgan fingerprint density at radius 2 is 2.25 bits per heavy atom. The Kier molecular flexibility index (Phi) is 2.08. The minimum atomic E-state index is 0.557. The zero-order valence-electron chi connectivity index (χ0n) is 6.69. The Morgan fingerprint density at radius 3 is 2.83 bits per heavy atom. The molecule has 1 saturated heterocycles. The van der Waals surface area contributed by atoms with Gasteiger partial charge in [-0.25, -0.2) is 4.98 Å². The first-order valence-electron chi connectivity index (χ1n) is 4.06. The van der Waals surface area contributed by atoms with Crippen LogP contribution in [0.25, 0.3) is 0 Å².